The minimum atomic E-state index is -3.52. The van der Waals surface area contributed by atoms with Crippen LogP contribution in [0.5, 0.6) is 5.75 Å². The van der Waals surface area contributed by atoms with Crippen LogP contribution in [0.3, 0.4) is 0 Å². The third-order valence-electron chi connectivity index (χ3n) is 6.65. The molecule has 1 fully saturated rings. The highest BCUT2D eigenvalue weighted by molar-refractivity contribution is 7.91. The summed E-state index contributed by atoms with van der Waals surface area (Å²) in [5.41, 5.74) is 0.358. The molecule has 5 rings (SSSR count). The van der Waals surface area contributed by atoms with Gasteiger partial charge in [-0.3, -0.25) is 5.32 Å². The zero-order valence-electron chi connectivity index (χ0n) is 19.3. The normalized spacial score (nSPS) is 22.5. The Kier molecular flexibility index (Phi) is 5.37. The monoisotopic (exact) mass is 473 g/mol. The van der Waals surface area contributed by atoms with Gasteiger partial charge in [-0.25, -0.2) is 13.4 Å². The number of rotatable bonds is 4. The largest absolute Gasteiger partial charge is 0.486 e. The van der Waals surface area contributed by atoms with Gasteiger partial charge in [-0.1, -0.05) is 17.1 Å². The average Bonchev–Trinajstić information content (AvgIpc) is 3.06. The molecule has 0 saturated carbocycles. The number of para-hydroxylation sites is 2. The maximum Gasteiger partial charge on any atom is 0.438 e. The zero-order valence-corrected chi connectivity index (χ0v) is 20.1. The number of aromatic nitrogens is 2. The molecule has 0 bridgehead atoms. The summed E-state index contributed by atoms with van der Waals surface area (Å²) in [5, 5.41) is 4.87. The third kappa shape index (κ3) is 3.58. The van der Waals surface area contributed by atoms with Gasteiger partial charge < -0.3 is 14.4 Å². The Morgan fingerprint density at radius 3 is 2.76 bits per heavy atom. The molecule has 10 nitrogen and oxygen atoms in total. The second-order valence-electron chi connectivity index (χ2n) is 9.02. The van der Waals surface area contributed by atoms with E-state index < -0.39 is 20.9 Å². The number of hydrogen-bond donors (Lipinski definition) is 1. The van der Waals surface area contributed by atoms with E-state index in [1.54, 1.807) is 13.8 Å². The first-order valence-electron chi connectivity index (χ1n) is 11.1. The van der Waals surface area contributed by atoms with Crippen molar-refractivity contribution in [3.05, 3.63) is 40.7 Å². The van der Waals surface area contributed by atoms with Gasteiger partial charge >= 0.3 is 5.95 Å². The van der Waals surface area contributed by atoms with Gasteiger partial charge in [-0.2, -0.15) is 4.58 Å². The van der Waals surface area contributed by atoms with Gasteiger partial charge in [0, 0.05) is 19.2 Å². The molecule has 2 aromatic rings. The summed E-state index contributed by atoms with van der Waals surface area (Å²) < 4.78 is 38.2. The lowest BCUT2D eigenvalue weighted by Crippen LogP contribution is -2.46. The number of ether oxygens (including phenoxy) is 2. The first kappa shape index (κ1) is 22.2. The molecule has 0 spiro atoms. The van der Waals surface area contributed by atoms with Crippen LogP contribution in [0.1, 0.15) is 26.0 Å². The van der Waals surface area contributed by atoms with Crippen molar-refractivity contribution in [1.82, 2.24) is 19.9 Å². The Hall–Kier alpha value is -2.63. The predicted molar refractivity (Wildman–Crippen MR) is 123 cm³/mol. The van der Waals surface area contributed by atoms with Crippen LogP contribution < -0.4 is 30.2 Å². The molecule has 0 amide bonds. The van der Waals surface area contributed by atoms with Crippen LogP contribution in [-0.4, -0.2) is 70.4 Å². The van der Waals surface area contributed by atoms with Crippen LogP contribution in [-0.2, 0) is 19.3 Å². The van der Waals surface area contributed by atoms with E-state index in [-0.39, 0.29) is 6.04 Å². The molecule has 4 heterocycles. The van der Waals surface area contributed by atoms with Gasteiger partial charge in [0.1, 0.15) is 15.5 Å². The average molecular weight is 474 g/mol. The van der Waals surface area contributed by atoms with Crippen molar-refractivity contribution >= 4 is 21.6 Å². The van der Waals surface area contributed by atoms with E-state index in [2.05, 4.69) is 10.2 Å². The van der Waals surface area contributed by atoms with Crippen LogP contribution in [0.4, 0.5) is 11.8 Å². The fourth-order valence-corrected chi connectivity index (χ4v) is 4.91. The molecule has 2 unspecified atom stereocenters. The number of hydrogen-bond acceptors (Lipinski definition) is 9. The zero-order chi connectivity index (χ0) is 23.4. The fraction of sp³-hybridized carbons (Fsp3) is 0.545. The van der Waals surface area contributed by atoms with E-state index in [0.29, 0.717) is 49.6 Å². The minimum Gasteiger partial charge on any atom is -0.486 e. The molecule has 1 aromatic heterocycles. The maximum atomic E-state index is 12.9. The van der Waals surface area contributed by atoms with Crippen LogP contribution in [0.15, 0.2) is 29.3 Å². The number of morpholine rings is 1. The van der Waals surface area contributed by atoms with Gasteiger partial charge in [0.05, 0.1) is 25.9 Å². The molecule has 1 saturated heterocycles. The third-order valence-corrected chi connectivity index (χ3v) is 8.70. The van der Waals surface area contributed by atoms with Gasteiger partial charge in [0.2, 0.25) is 12.0 Å². The second-order valence-corrected chi connectivity index (χ2v) is 11.6. The SMILES string of the molecule is CNC1N=c2ccccc2=[N+]1c1nc2c(c(C(C)(C)S(C)(=O)=O)n1)OCCC1COCCN21. The van der Waals surface area contributed by atoms with Crippen LogP contribution in [0.25, 0.3) is 0 Å². The lowest BCUT2D eigenvalue weighted by molar-refractivity contribution is 0.0894. The highest BCUT2D eigenvalue weighted by atomic mass is 32.2. The van der Waals surface area contributed by atoms with E-state index in [1.165, 1.54) is 6.26 Å². The number of sulfone groups is 1. The molecule has 11 heteroatoms. The molecule has 176 valence electrons. The van der Waals surface area contributed by atoms with Crippen LogP contribution in [0, 0.1) is 0 Å². The topological polar surface area (TPSA) is 109 Å². The summed E-state index contributed by atoms with van der Waals surface area (Å²) in [6.45, 7) is 5.56. The van der Waals surface area contributed by atoms with E-state index >= 15 is 0 Å². The first-order valence-corrected chi connectivity index (χ1v) is 13.0. The highest BCUT2D eigenvalue weighted by Crippen LogP contribution is 2.42. The molecule has 0 aliphatic carbocycles. The Balaban J connectivity index is 1.83. The summed E-state index contributed by atoms with van der Waals surface area (Å²) >= 11 is 0. The molecule has 1 N–H and O–H groups in total. The minimum absolute atomic E-state index is 0.104. The molecule has 3 aliphatic heterocycles. The predicted octanol–water partition coefficient (Wildman–Crippen LogP) is -0.297. The van der Waals surface area contributed by atoms with Gasteiger partial charge in [-0.05, 0) is 38.0 Å². The van der Waals surface area contributed by atoms with Crippen molar-refractivity contribution in [1.29, 1.82) is 0 Å². The maximum absolute atomic E-state index is 12.9. The van der Waals surface area contributed by atoms with Crippen molar-refractivity contribution in [2.24, 2.45) is 4.99 Å². The molecular weight excluding hydrogens is 444 g/mol. The summed E-state index contributed by atoms with van der Waals surface area (Å²) in [6.07, 6.45) is 1.57. The van der Waals surface area contributed by atoms with Crippen LogP contribution in [0.2, 0.25) is 0 Å². The number of fused-ring (bicyclic) bond motifs is 4. The second kappa shape index (κ2) is 8.00. The van der Waals surface area contributed by atoms with Crippen molar-refractivity contribution in [3.8, 4) is 5.75 Å². The lowest BCUT2D eigenvalue weighted by Gasteiger charge is -2.34. The van der Waals surface area contributed by atoms with Crippen molar-refractivity contribution in [3.63, 3.8) is 0 Å². The Morgan fingerprint density at radius 2 is 2.00 bits per heavy atom. The molecular formula is C22H29N6O4S+. The Bertz CT molecular complexity index is 1330. The lowest BCUT2D eigenvalue weighted by atomic mass is 10.1. The van der Waals surface area contributed by atoms with E-state index in [4.69, 9.17) is 24.4 Å². The number of benzene rings is 1. The molecule has 33 heavy (non-hydrogen) atoms. The fourth-order valence-electron chi connectivity index (χ4n) is 4.42. The number of nitrogens with one attached hydrogen (secondary N) is 1. The van der Waals surface area contributed by atoms with Gasteiger partial charge in [0.15, 0.2) is 15.5 Å². The quantitative estimate of drug-likeness (QED) is 0.603. The molecule has 0 radical (unpaired) electrons. The summed E-state index contributed by atoms with van der Waals surface area (Å²) in [4.78, 5) is 16.7. The van der Waals surface area contributed by atoms with Gasteiger partial charge in [-0.15, -0.1) is 0 Å². The highest BCUT2D eigenvalue weighted by Gasteiger charge is 2.46. The van der Waals surface area contributed by atoms with E-state index in [1.807, 2.05) is 35.9 Å². The van der Waals surface area contributed by atoms with E-state index in [0.717, 1.165) is 17.1 Å². The summed E-state index contributed by atoms with van der Waals surface area (Å²) in [7, 11) is -1.70. The summed E-state index contributed by atoms with van der Waals surface area (Å²) in [5.74, 6) is 1.42. The number of anilines is 1. The van der Waals surface area contributed by atoms with E-state index in [9.17, 15) is 8.42 Å². The molecule has 3 aliphatic rings. The van der Waals surface area contributed by atoms with Gasteiger partial charge in [0.25, 0.3) is 5.82 Å². The van der Waals surface area contributed by atoms with Crippen LogP contribution >= 0.6 is 0 Å². The summed E-state index contributed by atoms with van der Waals surface area (Å²) in [6, 6.07) is 7.87. The van der Waals surface area contributed by atoms with Crippen molar-refractivity contribution < 1.29 is 17.9 Å². The first-order chi connectivity index (χ1) is 15.7. The smallest absolute Gasteiger partial charge is 0.438 e. The Labute approximate surface area is 192 Å². The van der Waals surface area contributed by atoms with Crippen molar-refractivity contribution in [2.75, 3.05) is 44.6 Å². The molecule has 2 atom stereocenters. The Morgan fingerprint density at radius 1 is 1.21 bits per heavy atom. The van der Waals surface area contributed by atoms with Crippen molar-refractivity contribution in [2.45, 2.75) is 37.3 Å². The number of nitrogens with zero attached hydrogens (tertiary/aromatic N) is 5. The standard InChI is InChI=1S/C22H29N6O4S/c1-22(2,33(4,29)30)18-17-19(27-10-12-31-13-14(27)9-11-32-17)26-21(25-18)28-16-8-6-5-7-15(16)24-20(28)23-3/h5-8,14,20,23H,9-13H2,1-4H3/q+1. The molecule has 1 aromatic carbocycles.